The van der Waals surface area contributed by atoms with Gasteiger partial charge >= 0.3 is 5.97 Å². The minimum atomic E-state index is -3.65. The molecule has 0 fully saturated rings. The molecule has 0 saturated carbocycles. The minimum Gasteiger partial charge on any atom is -0.479 e. The fourth-order valence-electron chi connectivity index (χ4n) is 1.40. The molecule has 1 unspecified atom stereocenters. The predicted octanol–water partition coefficient (Wildman–Crippen LogP) is 1.75. The molecule has 1 aromatic carbocycles. The number of benzene rings is 1. The topological polar surface area (TPSA) is 71.4 Å². The molecule has 0 heterocycles. The van der Waals surface area contributed by atoms with Gasteiger partial charge in [0.15, 0.2) is 9.84 Å². The number of carboxylic acid groups (broad SMARTS) is 1. The summed E-state index contributed by atoms with van der Waals surface area (Å²) in [4.78, 5) is 10.6. The summed E-state index contributed by atoms with van der Waals surface area (Å²) in [7, 11) is -3.65. The quantitative estimate of drug-likeness (QED) is 0.895. The van der Waals surface area contributed by atoms with Gasteiger partial charge in [-0.2, -0.15) is 0 Å². The summed E-state index contributed by atoms with van der Waals surface area (Å²) < 4.78 is 37.5. The Bertz CT molecular complexity index is 534. The number of aliphatic carboxylic acids is 1. The largest absolute Gasteiger partial charge is 0.479 e. The van der Waals surface area contributed by atoms with Crippen molar-refractivity contribution in [2.24, 2.45) is 0 Å². The number of carbonyl (C=O) groups is 1. The third kappa shape index (κ3) is 2.46. The molecule has 0 saturated heterocycles. The van der Waals surface area contributed by atoms with Crippen LogP contribution in [-0.2, 0) is 20.3 Å². The number of rotatable bonds is 4. The maximum atomic E-state index is 14.0. The summed E-state index contributed by atoms with van der Waals surface area (Å²) in [6.07, 6.45) is 0. The summed E-state index contributed by atoms with van der Waals surface area (Å²) in [5, 5.41) is 8.79. The van der Waals surface area contributed by atoms with E-state index in [0.29, 0.717) is 0 Å². The first-order valence-corrected chi connectivity index (χ1v) is 6.63. The van der Waals surface area contributed by atoms with Crippen LogP contribution in [0.4, 0.5) is 4.39 Å². The third-order valence-electron chi connectivity index (χ3n) is 2.51. The number of halogens is 1. The Kier molecular flexibility index (Phi) is 3.56. The van der Waals surface area contributed by atoms with E-state index in [1.807, 2.05) is 0 Å². The standard InChI is InChI=1S/C11H13FO4S/c1-3-17(15,16)9-7-5-4-6-8(9)11(2,12)10(13)14/h4-7H,3H2,1-2H3,(H,13,14). The zero-order valence-electron chi connectivity index (χ0n) is 9.47. The molecule has 0 aliphatic carbocycles. The normalized spacial score (nSPS) is 15.2. The number of alkyl halides is 1. The van der Waals surface area contributed by atoms with E-state index < -0.39 is 21.5 Å². The van der Waals surface area contributed by atoms with Crippen LogP contribution in [0.3, 0.4) is 0 Å². The van der Waals surface area contributed by atoms with Crippen molar-refractivity contribution < 1.29 is 22.7 Å². The van der Waals surface area contributed by atoms with E-state index in [-0.39, 0.29) is 16.2 Å². The lowest BCUT2D eigenvalue weighted by Crippen LogP contribution is -2.29. The smallest absolute Gasteiger partial charge is 0.345 e. The van der Waals surface area contributed by atoms with Crippen molar-refractivity contribution in [1.29, 1.82) is 0 Å². The van der Waals surface area contributed by atoms with Gasteiger partial charge in [0.25, 0.3) is 0 Å². The molecule has 94 valence electrons. The molecule has 0 aliphatic heterocycles. The van der Waals surface area contributed by atoms with E-state index in [1.54, 1.807) is 0 Å². The number of carboxylic acids is 1. The first kappa shape index (κ1) is 13.6. The Balaban J connectivity index is 3.53. The van der Waals surface area contributed by atoms with Gasteiger partial charge in [-0.3, -0.25) is 0 Å². The van der Waals surface area contributed by atoms with Crippen LogP contribution in [0.2, 0.25) is 0 Å². The maximum Gasteiger partial charge on any atom is 0.345 e. The molecule has 1 N–H and O–H groups in total. The van der Waals surface area contributed by atoms with E-state index in [1.165, 1.54) is 31.2 Å². The highest BCUT2D eigenvalue weighted by atomic mass is 32.2. The average molecular weight is 260 g/mol. The fourth-order valence-corrected chi connectivity index (χ4v) is 2.59. The monoisotopic (exact) mass is 260 g/mol. The van der Waals surface area contributed by atoms with E-state index in [0.717, 1.165) is 6.92 Å². The number of sulfone groups is 1. The van der Waals surface area contributed by atoms with Gasteiger partial charge in [0.05, 0.1) is 10.6 Å². The van der Waals surface area contributed by atoms with Crippen molar-refractivity contribution in [3.63, 3.8) is 0 Å². The number of hydrogen-bond donors (Lipinski definition) is 1. The molecular weight excluding hydrogens is 247 g/mol. The molecular formula is C11H13FO4S. The van der Waals surface area contributed by atoms with Gasteiger partial charge in [0.1, 0.15) is 0 Å². The summed E-state index contributed by atoms with van der Waals surface area (Å²) in [5.41, 5.74) is -3.06. The van der Waals surface area contributed by atoms with Crippen molar-refractivity contribution in [3.05, 3.63) is 29.8 Å². The molecule has 1 aromatic rings. The first-order valence-electron chi connectivity index (χ1n) is 4.98. The number of hydrogen-bond acceptors (Lipinski definition) is 3. The Morgan fingerprint density at radius 3 is 2.41 bits per heavy atom. The van der Waals surface area contributed by atoms with Gasteiger partial charge in [-0.15, -0.1) is 0 Å². The second kappa shape index (κ2) is 4.44. The lowest BCUT2D eigenvalue weighted by Gasteiger charge is -2.18. The molecule has 0 spiro atoms. The summed E-state index contributed by atoms with van der Waals surface area (Å²) >= 11 is 0. The van der Waals surface area contributed by atoms with Crippen LogP contribution in [0.1, 0.15) is 19.4 Å². The Hall–Kier alpha value is -1.43. The van der Waals surface area contributed by atoms with E-state index >= 15 is 0 Å². The van der Waals surface area contributed by atoms with Crippen LogP contribution in [0.15, 0.2) is 29.2 Å². The van der Waals surface area contributed by atoms with Gasteiger partial charge < -0.3 is 5.11 Å². The van der Waals surface area contributed by atoms with Crippen molar-refractivity contribution >= 4 is 15.8 Å². The molecule has 17 heavy (non-hydrogen) atoms. The van der Waals surface area contributed by atoms with Crippen LogP contribution in [0.5, 0.6) is 0 Å². The van der Waals surface area contributed by atoms with E-state index in [9.17, 15) is 17.6 Å². The summed E-state index contributed by atoms with van der Waals surface area (Å²) in [6.45, 7) is 2.25. The van der Waals surface area contributed by atoms with Gasteiger partial charge in [0, 0.05) is 5.56 Å². The van der Waals surface area contributed by atoms with Crippen molar-refractivity contribution in [1.82, 2.24) is 0 Å². The van der Waals surface area contributed by atoms with Gasteiger partial charge in [0.2, 0.25) is 5.67 Å². The predicted molar refractivity (Wildman–Crippen MR) is 60.3 cm³/mol. The van der Waals surface area contributed by atoms with Gasteiger partial charge in [-0.25, -0.2) is 17.6 Å². The van der Waals surface area contributed by atoms with Crippen molar-refractivity contribution in [3.8, 4) is 0 Å². The zero-order valence-corrected chi connectivity index (χ0v) is 10.3. The van der Waals surface area contributed by atoms with Crippen molar-refractivity contribution in [2.75, 3.05) is 5.75 Å². The maximum absolute atomic E-state index is 14.0. The molecule has 0 bridgehead atoms. The van der Waals surface area contributed by atoms with Crippen LogP contribution in [-0.4, -0.2) is 25.2 Å². The van der Waals surface area contributed by atoms with Crippen LogP contribution in [0.25, 0.3) is 0 Å². The first-order chi connectivity index (χ1) is 7.73. The zero-order chi connectivity index (χ0) is 13.3. The highest BCUT2D eigenvalue weighted by Crippen LogP contribution is 2.31. The van der Waals surface area contributed by atoms with Gasteiger partial charge in [-0.1, -0.05) is 25.1 Å². The van der Waals surface area contributed by atoms with E-state index in [2.05, 4.69) is 0 Å². The lowest BCUT2D eigenvalue weighted by molar-refractivity contribution is -0.150. The summed E-state index contributed by atoms with van der Waals surface area (Å²) in [5.74, 6) is -1.92. The van der Waals surface area contributed by atoms with E-state index in [4.69, 9.17) is 5.11 Å². The average Bonchev–Trinajstić information content (AvgIpc) is 2.29. The Morgan fingerprint density at radius 2 is 1.94 bits per heavy atom. The Labute approximate surface area is 99.0 Å². The second-order valence-corrected chi connectivity index (χ2v) is 5.95. The molecule has 1 atom stereocenters. The molecule has 0 amide bonds. The Morgan fingerprint density at radius 1 is 1.41 bits per heavy atom. The SMILES string of the molecule is CCS(=O)(=O)c1ccccc1C(C)(F)C(=O)O. The highest BCUT2D eigenvalue weighted by Gasteiger charge is 2.39. The molecule has 0 aromatic heterocycles. The van der Waals surface area contributed by atoms with Crippen LogP contribution >= 0.6 is 0 Å². The highest BCUT2D eigenvalue weighted by molar-refractivity contribution is 7.91. The fraction of sp³-hybridized carbons (Fsp3) is 0.364. The molecule has 6 heteroatoms. The van der Waals surface area contributed by atoms with Crippen LogP contribution < -0.4 is 0 Å². The third-order valence-corrected chi connectivity index (χ3v) is 4.30. The molecule has 0 radical (unpaired) electrons. The molecule has 4 nitrogen and oxygen atoms in total. The lowest BCUT2D eigenvalue weighted by atomic mass is 9.98. The van der Waals surface area contributed by atoms with Crippen molar-refractivity contribution in [2.45, 2.75) is 24.4 Å². The molecule has 0 aliphatic rings. The second-order valence-electron chi connectivity index (χ2n) is 3.71. The van der Waals surface area contributed by atoms with Crippen LogP contribution in [0, 0.1) is 0 Å². The molecule has 1 rings (SSSR count). The van der Waals surface area contributed by atoms with Gasteiger partial charge in [-0.05, 0) is 13.0 Å². The minimum absolute atomic E-state index is 0.209. The summed E-state index contributed by atoms with van der Waals surface area (Å²) in [6, 6.07) is 5.24.